The normalized spacial score (nSPS) is 17.1. The number of nitrogens with two attached hydrogens (primary N) is 1. The van der Waals surface area contributed by atoms with E-state index >= 15 is 0 Å². The molecule has 0 radical (unpaired) electrons. The Bertz CT molecular complexity index is 331. The molecule has 6 heteroatoms. The van der Waals surface area contributed by atoms with E-state index in [1.165, 1.54) is 0 Å². The van der Waals surface area contributed by atoms with Gasteiger partial charge in [0.05, 0.1) is 0 Å². The molecule has 1 atom stereocenters. The molecule has 0 spiro atoms. The highest BCUT2D eigenvalue weighted by Gasteiger charge is 2.34. The van der Waals surface area contributed by atoms with E-state index in [9.17, 15) is 14.4 Å². The van der Waals surface area contributed by atoms with Gasteiger partial charge in [-0.05, 0) is 13.8 Å². The maximum absolute atomic E-state index is 11.7. The molecule has 88 valence electrons. The number of hydrogen-bond acceptors (Lipinski definition) is 4. The maximum atomic E-state index is 11.7. The topological polar surface area (TPSA) is 92.5 Å². The molecular formula is C10H15N3O3. The van der Waals surface area contributed by atoms with Crippen molar-refractivity contribution in [1.82, 2.24) is 10.2 Å². The second kappa shape index (κ2) is 4.89. The second-order valence-electron chi connectivity index (χ2n) is 3.79. The van der Waals surface area contributed by atoms with Crippen LogP contribution in [0.5, 0.6) is 0 Å². The van der Waals surface area contributed by atoms with Crippen molar-refractivity contribution < 1.29 is 14.4 Å². The molecule has 1 aliphatic heterocycles. The van der Waals surface area contributed by atoms with Gasteiger partial charge in [-0.25, -0.2) is 0 Å². The summed E-state index contributed by atoms with van der Waals surface area (Å²) in [4.78, 5) is 35.3. The van der Waals surface area contributed by atoms with E-state index in [2.05, 4.69) is 5.32 Å². The summed E-state index contributed by atoms with van der Waals surface area (Å²) in [5.41, 5.74) is 5.42. The van der Waals surface area contributed by atoms with Crippen LogP contribution in [0.15, 0.2) is 12.2 Å². The lowest BCUT2D eigenvalue weighted by Crippen LogP contribution is -2.54. The van der Waals surface area contributed by atoms with E-state index in [1.54, 1.807) is 13.8 Å². The molecule has 3 amide bonds. The van der Waals surface area contributed by atoms with Gasteiger partial charge in [-0.15, -0.1) is 0 Å². The Morgan fingerprint density at radius 3 is 2.25 bits per heavy atom. The fourth-order valence-corrected chi connectivity index (χ4v) is 1.43. The van der Waals surface area contributed by atoms with Crippen LogP contribution in [0.3, 0.4) is 0 Å². The van der Waals surface area contributed by atoms with Gasteiger partial charge in [-0.3, -0.25) is 19.3 Å². The highest BCUT2D eigenvalue weighted by molar-refractivity contribution is 6.15. The summed E-state index contributed by atoms with van der Waals surface area (Å²) in [5, 5.41) is 2.62. The number of imide groups is 1. The molecule has 16 heavy (non-hydrogen) atoms. The van der Waals surface area contributed by atoms with Gasteiger partial charge in [0.15, 0.2) is 0 Å². The van der Waals surface area contributed by atoms with Crippen molar-refractivity contribution in [2.45, 2.75) is 25.9 Å². The number of carbonyl (C=O) groups excluding carboxylic acids is 3. The van der Waals surface area contributed by atoms with Crippen molar-refractivity contribution in [2.75, 3.05) is 6.54 Å². The highest BCUT2D eigenvalue weighted by Crippen LogP contribution is 2.08. The first-order chi connectivity index (χ1) is 7.47. The molecule has 0 bridgehead atoms. The van der Waals surface area contributed by atoms with E-state index in [1.807, 2.05) is 0 Å². The molecule has 6 nitrogen and oxygen atoms in total. The maximum Gasteiger partial charge on any atom is 0.254 e. The number of amides is 3. The molecule has 3 N–H and O–H groups in total. The Hall–Kier alpha value is -1.69. The van der Waals surface area contributed by atoms with Gasteiger partial charge in [-0.1, -0.05) is 0 Å². The Labute approximate surface area is 93.5 Å². The minimum atomic E-state index is -0.933. The Morgan fingerprint density at radius 1 is 1.38 bits per heavy atom. The van der Waals surface area contributed by atoms with Gasteiger partial charge < -0.3 is 11.1 Å². The predicted octanol–water partition coefficient (Wildman–Crippen LogP) is -1.24. The third kappa shape index (κ3) is 2.46. The zero-order valence-corrected chi connectivity index (χ0v) is 9.27. The van der Waals surface area contributed by atoms with Crippen LogP contribution in [-0.2, 0) is 14.4 Å². The lowest BCUT2D eigenvalue weighted by molar-refractivity contribution is -0.145. The van der Waals surface area contributed by atoms with E-state index in [0.717, 1.165) is 17.1 Å². The van der Waals surface area contributed by atoms with Crippen LogP contribution in [0.4, 0.5) is 0 Å². The molecule has 0 aromatic heterocycles. The molecular weight excluding hydrogens is 210 g/mol. The summed E-state index contributed by atoms with van der Waals surface area (Å²) in [6, 6.07) is -1.00. The molecule has 0 aromatic carbocycles. The van der Waals surface area contributed by atoms with Crippen molar-refractivity contribution in [3.05, 3.63) is 12.2 Å². The average molecular weight is 225 g/mol. The summed E-state index contributed by atoms with van der Waals surface area (Å²) >= 11 is 0. The van der Waals surface area contributed by atoms with Crippen LogP contribution < -0.4 is 11.1 Å². The largest absolute Gasteiger partial charge is 0.352 e. The van der Waals surface area contributed by atoms with Crippen molar-refractivity contribution in [2.24, 2.45) is 5.73 Å². The SMILES string of the molecule is CC(C)NC(=O)C(CN)N1C(=O)C=CC1=O. The number of nitrogens with one attached hydrogen (secondary N) is 1. The molecule has 1 heterocycles. The molecule has 0 saturated heterocycles. The number of rotatable bonds is 4. The van der Waals surface area contributed by atoms with Crippen molar-refractivity contribution in [3.63, 3.8) is 0 Å². The van der Waals surface area contributed by atoms with Crippen LogP contribution >= 0.6 is 0 Å². The zero-order valence-electron chi connectivity index (χ0n) is 9.27. The predicted molar refractivity (Wildman–Crippen MR) is 57.1 cm³/mol. The van der Waals surface area contributed by atoms with E-state index in [4.69, 9.17) is 5.73 Å². The molecule has 0 saturated carbocycles. The lowest BCUT2D eigenvalue weighted by atomic mass is 10.2. The van der Waals surface area contributed by atoms with Crippen molar-refractivity contribution >= 4 is 17.7 Å². The summed E-state index contributed by atoms with van der Waals surface area (Å²) < 4.78 is 0. The average Bonchev–Trinajstić information content (AvgIpc) is 2.49. The molecule has 0 aromatic rings. The van der Waals surface area contributed by atoms with Crippen LogP contribution in [0.1, 0.15) is 13.8 Å². The molecule has 0 fully saturated rings. The summed E-state index contributed by atoms with van der Waals surface area (Å²) in [6.07, 6.45) is 2.27. The zero-order chi connectivity index (χ0) is 12.3. The van der Waals surface area contributed by atoms with Gasteiger partial charge in [0.2, 0.25) is 5.91 Å². The second-order valence-corrected chi connectivity index (χ2v) is 3.79. The van der Waals surface area contributed by atoms with Crippen LogP contribution in [0, 0.1) is 0 Å². The summed E-state index contributed by atoms with van der Waals surface area (Å²) in [6.45, 7) is 3.49. The third-order valence-electron chi connectivity index (χ3n) is 2.11. The van der Waals surface area contributed by atoms with Gasteiger partial charge in [0.25, 0.3) is 11.8 Å². The highest BCUT2D eigenvalue weighted by atomic mass is 16.2. The molecule has 0 aliphatic carbocycles. The number of hydrogen-bond donors (Lipinski definition) is 2. The van der Waals surface area contributed by atoms with Crippen molar-refractivity contribution in [1.29, 1.82) is 0 Å². The number of nitrogens with zero attached hydrogens (tertiary/aromatic N) is 1. The third-order valence-corrected chi connectivity index (χ3v) is 2.11. The van der Waals surface area contributed by atoms with Gasteiger partial charge in [-0.2, -0.15) is 0 Å². The number of carbonyl (C=O) groups is 3. The first-order valence-corrected chi connectivity index (χ1v) is 5.03. The van der Waals surface area contributed by atoms with E-state index < -0.39 is 23.8 Å². The monoisotopic (exact) mass is 225 g/mol. The Morgan fingerprint density at radius 2 is 1.88 bits per heavy atom. The Kier molecular flexibility index (Phi) is 3.78. The van der Waals surface area contributed by atoms with Crippen LogP contribution in [-0.4, -0.2) is 41.2 Å². The Balaban J connectivity index is 2.78. The first-order valence-electron chi connectivity index (χ1n) is 5.03. The smallest absolute Gasteiger partial charge is 0.254 e. The minimum Gasteiger partial charge on any atom is -0.352 e. The molecule has 1 unspecified atom stereocenters. The van der Waals surface area contributed by atoms with Gasteiger partial charge in [0.1, 0.15) is 6.04 Å². The molecule has 1 rings (SSSR count). The first kappa shape index (κ1) is 12.4. The molecule has 1 aliphatic rings. The van der Waals surface area contributed by atoms with E-state index in [0.29, 0.717) is 0 Å². The minimum absolute atomic E-state index is 0.0673. The summed E-state index contributed by atoms with van der Waals surface area (Å²) in [5.74, 6) is -1.42. The lowest BCUT2D eigenvalue weighted by Gasteiger charge is -2.24. The standard InChI is InChI=1S/C10H15N3O3/c1-6(2)12-10(16)7(5-11)13-8(14)3-4-9(13)15/h3-4,6-7H,5,11H2,1-2H3,(H,12,16). The van der Waals surface area contributed by atoms with Gasteiger partial charge >= 0.3 is 0 Å². The summed E-state index contributed by atoms with van der Waals surface area (Å²) in [7, 11) is 0. The van der Waals surface area contributed by atoms with Crippen LogP contribution in [0.25, 0.3) is 0 Å². The van der Waals surface area contributed by atoms with Crippen molar-refractivity contribution in [3.8, 4) is 0 Å². The van der Waals surface area contributed by atoms with Gasteiger partial charge in [0, 0.05) is 24.7 Å². The fraction of sp³-hybridized carbons (Fsp3) is 0.500. The quantitative estimate of drug-likeness (QED) is 0.585. The fourth-order valence-electron chi connectivity index (χ4n) is 1.43. The van der Waals surface area contributed by atoms with Crippen LogP contribution in [0.2, 0.25) is 0 Å². The van der Waals surface area contributed by atoms with E-state index in [-0.39, 0.29) is 12.6 Å².